The predicted octanol–water partition coefficient (Wildman–Crippen LogP) is -0.128. The quantitative estimate of drug-likeness (QED) is 0.497. The van der Waals surface area contributed by atoms with E-state index >= 15 is 0 Å². The second-order valence-electron chi connectivity index (χ2n) is 3.71. The Morgan fingerprint density at radius 3 is 2.88 bits per heavy atom. The van der Waals surface area contributed by atoms with Crippen LogP contribution in [0, 0.1) is 10.1 Å². The zero-order valence-corrected chi connectivity index (χ0v) is 8.84. The Morgan fingerprint density at radius 1 is 1.59 bits per heavy atom. The number of nitro groups is 1. The fourth-order valence-electron chi connectivity index (χ4n) is 1.62. The van der Waals surface area contributed by atoms with E-state index in [0.29, 0.717) is 18.8 Å². The van der Waals surface area contributed by atoms with Crippen LogP contribution in [0.2, 0.25) is 0 Å². The summed E-state index contributed by atoms with van der Waals surface area (Å²) in [6, 6.07) is 2.70. The molecule has 2 rings (SSSR count). The lowest BCUT2D eigenvalue weighted by atomic mass is 10.2. The van der Waals surface area contributed by atoms with E-state index < -0.39 is 4.92 Å². The van der Waals surface area contributed by atoms with Gasteiger partial charge in [-0.05, 0) is 6.07 Å². The largest absolute Gasteiger partial charge is 0.378 e. The second-order valence-corrected chi connectivity index (χ2v) is 3.71. The molecule has 0 saturated carbocycles. The molecule has 8 nitrogen and oxygen atoms in total. The van der Waals surface area contributed by atoms with Crippen molar-refractivity contribution in [3.8, 4) is 0 Å². The highest BCUT2D eigenvalue weighted by Gasteiger charge is 2.22. The van der Waals surface area contributed by atoms with E-state index in [9.17, 15) is 14.9 Å². The Kier molecular flexibility index (Phi) is 2.77. The molecule has 1 aromatic heterocycles. The smallest absolute Gasteiger partial charge is 0.311 e. The molecule has 0 aromatic carbocycles. The summed E-state index contributed by atoms with van der Waals surface area (Å²) in [5.74, 6) is 0.254. The van der Waals surface area contributed by atoms with Crippen molar-refractivity contribution in [1.82, 2.24) is 10.3 Å². The molecule has 0 radical (unpaired) electrons. The first-order valence-electron chi connectivity index (χ1n) is 5.00. The number of rotatable bonds is 3. The van der Waals surface area contributed by atoms with E-state index in [1.165, 1.54) is 12.1 Å². The fraction of sp³-hybridized carbons (Fsp3) is 0.333. The number of pyridine rings is 1. The number of amides is 1. The minimum Gasteiger partial charge on any atom is -0.378 e. The van der Waals surface area contributed by atoms with Crippen molar-refractivity contribution >= 4 is 23.2 Å². The minimum atomic E-state index is -0.591. The summed E-state index contributed by atoms with van der Waals surface area (Å²) >= 11 is 0. The standard InChI is InChI=1S/C9H11N5O3/c10-9-6(14(16)17)1-2-7(13-9)12-5-3-8(15)11-4-5/h1-2,5H,3-4H2,(H,11,15)(H3,10,12,13). The molecule has 1 unspecified atom stereocenters. The van der Waals surface area contributed by atoms with Gasteiger partial charge in [-0.2, -0.15) is 0 Å². The molecule has 1 aliphatic rings. The zero-order valence-electron chi connectivity index (χ0n) is 8.84. The van der Waals surface area contributed by atoms with Gasteiger partial charge < -0.3 is 16.4 Å². The van der Waals surface area contributed by atoms with Crippen LogP contribution in [0.15, 0.2) is 12.1 Å². The lowest BCUT2D eigenvalue weighted by molar-refractivity contribution is -0.384. The van der Waals surface area contributed by atoms with Crippen LogP contribution < -0.4 is 16.4 Å². The van der Waals surface area contributed by atoms with Gasteiger partial charge in [-0.25, -0.2) is 4.98 Å². The average molecular weight is 237 g/mol. The van der Waals surface area contributed by atoms with Crippen molar-refractivity contribution in [3.05, 3.63) is 22.2 Å². The van der Waals surface area contributed by atoms with E-state index in [1.807, 2.05) is 0 Å². The van der Waals surface area contributed by atoms with Gasteiger partial charge in [0.25, 0.3) is 0 Å². The molecule has 1 fully saturated rings. The van der Waals surface area contributed by atoms with Crippen molar-refractivity contribution in [2.75, 3.05) is 17.6 Å². The topological polar surface area (TPSA) is 123 Å². The molecule has 1 amide bonds. The molecule has 0 aliphatic carbocycles. The summed E-state index contributed by atoms with van der Waals surface area (Å²) in [6.07, 6.45) is 0.360. The van der Waals surface area contributed by atoms with Crippen LogP contribution in [0.1, 0.15) is 6.42 Å². The van der Waals surface area contributed by atoms with Gasteiger partial charge in [0.15, 0.2) is 0 Å². The predicted molar refractivity (Wildman–Crippen MR) is 60.3 cm³/mol. The van der Waals surface area contributed by atoms with Crippen molar-refractivity contribution in [2.24, 2.45) is 0 Å². The van der Waals surface area contributed by atoms with Gasteiger partial charge in [0.1, 0.15) is 5.82 Å². The number of hydrogen-bond acceptors (Lipinski definition) is 6. The maximum Gasteiger partial charge on any atom is 0.311 e. The number of carbonyl (C=O) groups is 1. The van der Waals surface area contributed by atoms with Gasteiger partial charge in [-0.1, -0.05) is 0 Å². The Balaban J connectivity index is 2.10. The minimum absolute atomic E-state index is 0.0302. The molecule has 0 spiro atoms. The van der Waals surface area contributed by atoms with Crippen LogP contribution in [-0.2, 0) is 4.79 Å². The number of carbonyl (C=O) groups excluding carboxylic acids is 1. The number of nitrogen functional groups attached to an aromatic ring is 1. The van der Waals surface area contributed by atoms with E-state index in [4.69, 9.17) is 5.73 Å². The Morgan fingerprint density at radius 2 is 2.35 bits per heavy atom. The maximum absolute atomic E-state index is 11.0. The number of nitrogens with zero attached hydrogens (tertiary/aromatic N) is 2. The Hall–Kier alpha value is -2.38. The van der Waals surface area contributed by atoms with Crippen molar-refractivity contribution in [2.45, 2.75) is 12.5 Å². The van der Waals surface area contributed by atoms with Crippen LogP contribution in [0.25, 0.3) is 0 Å². The summed E-state index contributed by atoms with van der Waals surface area (Å²) in [7, 11) is 0. The SMILES string of the molecule is Nc1nc(NC2CNC(=O)C2)ccc1[N+](=O)[O-]. The summed E-state index contributed by atoms with van der Waals surface area (Å²) in [6.45, 7) is 0.511. The van der Waals surface area contributed by atoms with Gasteiger partial charge in [0.05, 0.1) is 11.0 Å². The first-order chi connectivity index (χ1) is 8.06. The molecule has 1 atom stereocenters. The maximum atomic E-state index is 11.0. The molecular formula is C9H11N5O3. The molecule has 1 aromatic rings. The monoisotopic (exact) mass is 237 g/mol. The van der Waals surface area contributed by atoms with Crippen molar-refractivity contribution in [3.63, 3.8) is 0 Å². The van der Waals surface area contributed by atoms with Crippen LogP contribution in [0.3, 0.4) is 0 Å². The van der Waals surface area contributed by atoms with Crippen molar-refractivity contribution < 1.29 is 9.72 Å². The molecule has 1 saturated heterocycles. The van der Waals surface area contributed by atoms with E-state index in [2.05, 4.69) is 15.6 Å². The van der Waals surface area contributed by atoms with Gasteiger partial charge >= 0.3 is 5.69 Å². The van der Waals surface area contributed by atoms with E-state index in [-0.39, 0.29) is 23.5 Å². The third-order valence-electron chi connectivity index (χ3n) is 2.43. The Labute approximate surface area is 96.4 Å². The highest BCUT2D eigenvalue weighted by Crippen LogP contribution is 2.21. The van der Waals surface area contributed by atoms with Gasteiger partial charge in [-0.3, -0.25) is 14.9 Å². The molecule has 1 aliphatic heterocycles. The molecule has 4 N–H and O–H groups in total. The van der Waals surface area contributed by atoms with Gasteiger partial charge in [0.2, 0.25) is 11.7 Å². The van der Waals surface area contributed by atoms with E-state index in [0.717, 1.165) is 0 Å². The summed E-state index contributed by atoms with van der Waals surface area (Å²) in [5.41, 5.74) is 5.22. The summed E-state index contributed by atoms with van der Waals surface area (Å²) < 4.78 is 0. The van der Waals surface area contributed by atoms with Crippen LogP contribution in [0.4, 0.5) is 17.3 Å². The second kappa shape index (κ2) is 4.24. The van der Waals surface area contributed by atoms with Crippen LogP contribution >= 0.6 is 0 Å². The van der Waals surface area contributed by atoms with E-state index in [1.54, 1.807) is 0 Å². The summed E-state index contributed by atoms with van der Waals surface area (Å²) in [4.78, 5) is 24.8. The molecule has 8 heteroatoms. The van der Waals surface area contributed by atoms with Crippen molar-refractivity contribution in [1.29, 1.82) is 0 Å². The Bertz CT molecular complexity index is 476. The fourth-order valence-corrected chi connectivity index (χ4v) is 1.62. The number of aromatic nitrogens is 1. The number of anilines is 2. The lowest BCUT2D eigenvalue weighted by Gasteiger charge is -2.10. The third kappa shape index (κ3) is 2.41. The van der Waals surface area contributed by atoms with Crippen LogP contribution in [-0.4, -0.2) is 28.4 Å². The van der Waals surface area contributed by atoms with Crippen LogP contribution in [0.5, 0.6) is 0 Å². The number of hydrogen-bond donors (Lipinski definition) is 3. The molecule has 90 valence electrons. The first-order valence-corrected chi connectivity index (χ1v) is 5.00. The van der Waals surface area contributed by atoms with Gasteiger partial charge in [-0.15, -0.1) is 0 Å². The zero-order chi connectivity index (χ0) is 12.4. The lowest BCUT2D eigenvalue weighted by Crippen LogP contribution is -2.23. The molecule has 2 heterocycles. The highest BCUT2D eigenvalue weighted by atomic mass is 16.6. The van der Waals surface area contributed by atoms with Gasteiger partial charge in [0, 0.05) is 19.0 Å². The molecular weight excluding hydrogens is 226 g/mol. The average Bonchev–Trinajstić information content (AvgIpc) is 2.63. The first kappa shape index (κ1) is 11.1. The summed E-state index contributed by atoms with van der Waals surface area (Å²) in [5, 5.41) is 16.2. The molecule has 17 heavy (non-hydrogen) atoms. The number of nitrogens with one attached hydrogen (secondary N) is 2. The highest BCUT2D eigenvalue weighted by molar-refractivity contribution is 5.79. The normalized spacial score (nSPS) is 18.8. The molecule has 0 bridgehead atoms. The third-order valence-corrected chi connectivity index (χ3v) is 2.43. The number of nitrogens with two attached hydrogens (primary N) is 1.